The Balaban J connectivity index is 3.24. The summed E-state index contributed by atoms with van der Waals surface area (Å²) < 4.78 is 5.29. The van der Waals surface area contributed by atoms with Crippen molar-refractivity contribution in [1.29, 1.82) is 0 Å². The smallest absolute Gasteiger partial charge is 0.312 e. The van der Waals surface area contributed by atoms with Crippen molar-refractivity contribution in [3.05, 3.63) is 0 Å². The van der Waals surface area contributed by atoms with Crippen molar-refractivity contribution < 1.29 is 19.4 Å². The minimum Gasteiger partial charge on any atom is -0.481 e. The predicted octanol–water partition coefficient (Wildman–Crippen LogP) is 0.640. The van der Waals surface area contributed by atoms with Crippen molar-refractivity contribution in [1.82, 2.24) is 5.32 Å². The first-order valence-electron chi connectivity index (χ1n) is 5.08. The van der Waals surface area contributed by atoms with Gasteiger partial charge in [0.2, 0.25) is 5.91 Å². The van der Waals surface area contributed by atoms with Gasteiger partial charge >= 0.3 is 5.97 Å². The molecule has 1 amide bonds. The Morgan fingerprint density at radius 2 is 2.07 bits per heavy atom. The molecule has 5 heteroatoms. The van der Waals surface area contributed by atoms with Crippen molar-refractivity contribution in [3.8, 4) is 0 Å². The van der Waals surface area contributed by atoms with Gasteiger partial charge in [0, 0.05) is 19.8 Å². The fourth-order valence-electron chi connectivity index (χ4n) is 0.921. The Labute approximate surface area is 89.8 Å². The van der Waals surface area contributed by atoms with Crippen LogP contribution >= 0.6 is 0 Å². The first-order valence-corrected chi connectivity index (χ1v) is 5.08. The van der Waals surface area contributed by atoms with Gasteiger partial charge in [0.15, 0.2) is 0 Å². The van der Waals surface area contributed by atoms with E-state index in [-0.39, 0.29) is 0 Å². The lowest BCUT2D eigenvalue weighted by Crippen LogP contribution is -2.27. The molecule has 0 rings (SSSR count). The molecular weight excluding hydrogens is 198 g/mol. The van der Waals surface area contributed by atoms with Crippen LogP contribution in [0.1, 0.15) is 26.7 Å². The second-order valence-corrected chi connectivity index (χ2v) is 3.74. The molecule has 0 bridgehead atoms. The second-order valence-electron chi connectivity index (χ2n) is 3.74. The van der Waals surface area contributed by atoms with E-state index in [1.807, 2.05) is 0 Å². The van der Waals surface area contributed by atoms with E-state index in [4.69, 9.17) is 9.84 Å². The van der Waals surface area contributed by atoms with Gasteiger partial charge in [0.1, 0.15) is 6.42 Å². The predicted molar refractivity (Wildman–Crippen MR) is 55.5 cm³/mol. The summed E-state index contributed by atoms with van der Waals surface area (Å²) in [6, 6.07) is 0. The molecule has 15 heavy (non-hydrogen) atoms. The van der Waals surface area contributed by atoms with E-state index in [0.717, 1.165) is 0 Å². The lowest BCUT2D eigenvalue weighted by Gasteiger charge is -2.07. The molecule has 0 atom stereocenters. The van der Waals surface area contributed by atoms with E-state index in [0.29, 0.717) is 32.1 Å². The van der Waals surface area contributed by atoms with Gasteiger partial charge in [-0.15, -0.1) is 0 Å². The maximum absolute atomic E-state index is 10.9. The molecule has 0 fully saturated rings. The number of hydrogen-bond donors (Lipinski definition) is 2. The van der Waals surface area contributed by atoms with Gasteiger partial charge in [-0.25, -0.2) is 0 Å². The normalized spacial score (nSPS) is 10.3. The molecule has 5 nitrogen and oxygen atoms in total. The molecule has 0 spiro atoms. The SMILES string of the molecule is CC(C)COCCCNC(=O)CC(=O)O. The van der Waals surface area contributed by atoms with Crippen LogP contribution in [-0.2, 0) is 14.3 Å². The second kappa shape index (κ2) is 8.23. The minimum atomic E-state index is -1.11. The molecule has 0 saturated heterocycles. The molecule has 0 unspecified atom stereocenters. The number of amides is 1. The van der Waals surface area contributed by atoms with Crippen LogP contribution in [-0.4, -0.2) is 36.7 Å². The molecule has 0 aliphatic carbocycles. The van der Waals surface area contributed by atoms with E-state index in [1.54, 1.807) is 0 Å². The van der Waals surface area contributed by atoms with Crippen LogP contribution in [0.2, 0.25) is 0 Å². The molecule has 88 valence electrons. The lowest BCUT2D eigenvalue weighted by molar-refractivity contribution is -0.140. The zero-order valence-electron chi connectivity index (χ0n) is 9.28. The zero-order chi connectivity index (χ0) is 11.7. The molecule has 0 aliphatic heterocycles. The highest BCUT2D eigenvalue weighted by Crippen LogP contribution is 1.92. The van der Waals surface area contributed by atoms with Crippen LogP contribution in [0.3, 0.4) is 0 Å². The fraction of sp³-hybridized carbons (Fsp3) is 0.800. The average Bonchev–Trinajstić information content (AvgIpc) is 2.09. The standard InChI is InChI=1S/C10H19NO4/c1-8(2)7-15-5-3-4-11-9(12)6-10(13)14/h8H,3-7H2,1-2H3,(H,11,12)(H,13,14). The highest BCUT2D eigenvalue weighted by Gasteiger charge is 2.05. The molecule has 2 N–H and O–H groups in total. The Morgan fingerprint density at radius 1 is 1.40 bits per heavy atom. The van der Waals surface area contributed by atoms with Gasteiger partial charge in [-0.2, -0.15) is 0 Å². The number of ether oxygens (including phenoxy) is 1. The van der Waals surface area contributed by atoms with Gasteiger partial charge in [-0.05, 0) is 12.3 Å². The Hall–Kier alpha value is -1.10. The number of carboxylic acids is 1. The summed E-state index contributed by atoms with van der Waals surface area (Å²) in [4.78, 5) is 21.0. The van der Waals surface area contributed by atoms with Gasteiger partial charge in [-0.3, -0.25) is 9.59 Å². The number of carbonyl (C=O) groups excluding carboxylic acids is 1. The summed E-state index contributed by atoms with van der Waals surface area (Å²) in [5, 5.41) is 10.8. The number of carboxylic acid groups (broad SMARTS) is 1. The third kappa shape index (κ3) is 10.8. The largest absolute Gasteiger partial charge is 0.481 e. The number of nitrogens with one attached hydrogen (secondary N) is 1. The van der Waals surface area contributed by atoms with E-state index in [9.17, 15) is 9.59 Å². The summed E-state index contributed by atoms with van der Waals surface area (Å²) >= 11 is 0. The summed E-state index contributed by atoms with van der Waals surface area (Å²) in [6.45, 7) is 5.89. The Bertz CT molecular complexity index is 204. The van der Waals surface area contributed by atoms with Crippen LogP contribution in [0.15, 0.2) is 0 Å². The van der Waals surface area contributed by atoms with Gasteiger partial charge in [-0.1, -0.05) is 13.8 Å². The van der Waals surface area contributed by atoms with E-state index >= 15 is 0 Å². The van der Waals surface area contributed by atoms with Crippen LogP contribution in [0.4, 0.5) is 0 Å². The summed E-state index contributed by atoms with van der Waals surface area (Å²) in [6.07, 6.45) is 0.241. The maximum atomic E-state index is 10.9. The summed E-state index contributed by atoms with van der Waals surface area (Å²) in [7, 11) is 0. The van der Waals surface area contributed by atoms with E-state index < -0.39 is 18.3 Å². The number of hydrogen-bond acceptors (Lipinski definition) is 3. The number of rotatable bonds is 8. The van der Waals surface area contributed by atoms with Crippen molar-refractivity contribution >= 4 is 11.9 Å². The molecule has 0 heterocycles. The van der Waals surface area contributed by atoms with Crippen LogP contribution < -0.4 is 5.32 Å². The van der Waals surface area contributed by atoms with Crippen LogP contribution in [0.25, 0.3) is 0 Å². The maximum Gasteiger partial charge on any atom is 0.312 e. The molecule has 0 aliphatic rings. The third-order valence-electron chi connectivity index (χ3n) is 1.55. The highest BCUT2D eigenvalue weighted by atomic mass is 16.5. The van der Waals surface area contributed by atoms with Crippen LogP contribution in [0, 0.1) is 5.92 Å². The fourth-order valence-corrected chi connectivity index (χ4v) is 0.921. The number of aliphatic carboxylic acids is 1. The zero-order valence-corrected chi connectivity index (χ0v) is 9.28. The Kier molecular flexibility index (Phi) is 7.62. The highest BCUT2D eigenvalue weighted by molar-refractivity contribution is 5.93. The van der Waals surface area contributed by atoms with Crippen molar-refractivity contribution in [2.24, 2.45) is 5.92 Å². The molecule has 0 aromatic heterocycles. The third-order valence-corrected chi connectivity index (χ3v) is 1.55. The lowest BCUT2D eigenvalue weighted by atomic mass is 10.2. The molecular formula is C10H19NO4. The van der Waals surface area contributed by atoms with Crippen molar-refractivity contribution in [2.75, 3.05) is 19.8 Å². The van der Waals surface area contributed by atoms with Crippen molar-refractivity contribution in [2.45, 2.75) is 26.7 Å². The molecule has 0 aromatic rings. The van der Waals surface area contributed by atoms with Gasteiger partial charge in [0.25, 0.3) is 0 Å². The first-order chi connectivity index (χ1) is 7.02. The topological polar surface area (TPSA) is 75.6 Å². The quantitative estimate of drug-likeness (QED) is 0.462. The van der Waals surface area contributed by atoms with Crippen molar-refractivity contribution in [3.63, 3.8) is 0 Å². The van der Waals surface area contributed by atoms with Gasteiger partial charge < -0.3 is 15.2 Å². The van der Waals surface area contributed by atoms with Gasteiger partial charge in [0.05, 0.1) is 0 Å². The number of carbonyl (C=O) groups is 2. The van der Waals surface area contributed by atoms with Crippen LogP contribution in [0.5, 0.6) is 0 Å². The first kappa shape index (κ1) is 13.9. The Morgan fingerprint density at radius 3 is 2.60 bits per heavy atom. The minimum absolute atomic E-state index is 0.452. The molecule has 0 saturated carbocycles. The summed E-state index contributed by atoms with van der Waals surface area (Å²) in [5.41, 5.74) is 0. The monoisotopic (exact) mass is 217 g/mol. The average molecular weight is 217 g/mol. The summed E-state index contributed by atoms with van der Waals surface area (Å²) in [5.74, 6) is -1.05. The van der Waals surface area contributed by atoms with E-state index in [1.165, 1.54) is 0 Å². The molecule has 0 aromatic carbocycles. The van der Waals surface area contributed by atoms with E-state index in [2.05, 4.69) is 19.2 Å². The molecule has 0 radical (unpaired) electrons.